The van der Waals surface area contributed by atoms with E-state index in [0.29, 0.717) is 12.5 Å². The average molecular weight is 613 g/mol. The molecule has 43 heavy (non-hydrogen) atoms. The van der Waals surface area contributed by atoms with Crippen molar-refractivity contribution in [3.05, 3.63) is 57.1 Å². The third-order valence-electron chi connectivity index (χ3n) is 7.81. The predicted octanol–water partition coefficient (Wildman–Crippen LogP) is 6.20. The number of carbonyl (C=O) groups is 1. The predicted molar refractivity (Wildman–Crippen MR) is 152 cm³/mol. The Hall–Kier alpha value is -3.28. The van der Waals surface area contributed by atoms with Gasteiger partial charge < -0.3 is 15.0 Å². The maximum atomic E-state index is 13.6. The second-order valence-electron chi connectivity index (χ2n) is 11.1. The van der Waals surface area contributed by atoms with Gasteiger partial charge in [-0.05, 0) is 80.5 Å². The number of alkyl carbamates (subject to hydrolysis) is 1. The number of aromatic nitrogens is 1. The molecule has 0 saturated heterocycles. The van der Waals surface area contributed by atoms with Crippen molar-refractivity contribution in [1.29, 1.82) is 0 Å². The number of carbonyl (C=O) groups excluding carboxylic acids is 1. The summed E-state index contributed by atoms with van der Waals surface area (Å²) >= 11 is 0. The summed E-state index contributed by atoms with van der Waals surface area (Å²) in [5.74, 6) is 1.26. The first-order chi connectivity index (χ1) is 20.4. The van der Waals surface area contributed by atoms with E-state index in [-0.39, 0.29) is 38.0 Å². The van der Waals surface area contributed by atoms with Gasteiger partial charge in [0.25, 0.3) is 0 Å². The first kappa shape index (κ1) is 32.6. The molecule has 0 bridgehead atoms. The van der Waals surface area contributed by atoms with Gasteiger partial charge in [-0.15, -0.1) is 0 Å². The molecule has 0 spiro atoms. The molecule has 1 fully saturated rings. The quantitative estimate of drug-likeness (QED) is 0.242. The zero-order valence-corrected chi connectivity index (χ0v) is 24.5. The number of hydrogen-bond donors (Lipinski definition) is 1. The number of rotatable bonds is 11. The van der Waals surface area contributed by atoms with Crippen molar-refractivity contribution in [3.63, 3.8) is 0 Å². The van der Waals surface area contributed by atoms with E-state index in [4.69, 9.17) is 9.72 Å². The number of amides is 1. The molecule has 1 saturated carbocycles. The Kier molecular flexibility index (Phi) is 10.6. The zero-order valence-electron chi connectivity index (χ0n) is 24.5. The van der Waals surface area contributed by atoms with Crippen molar-refractivity contribution >= 4 is 24.1 Å². The molecule has 2 aliphatic rings. The summed E-state index contributed by atoms with van der Waals surface area (Å²) in [6, 6.07) is 3.56. The van der Waals surface area contributed by atoms with Crippen LogP contribution in [-0.2, 0) is 30.2 Å². The molecule has 0 atom stereocenters. The fourth-order valence-electron chi connectivity index (χ4n) is 5.76. The molecule has 236 valence electrons. The van der Waals surface area contributed by atoms with Gasteiger partial charge in [-0.2, -0.15) is 26.3 Å². The molecular weight excluding hydrogens is 574 g/mol. The van der Waals surface area contributed by atoms with Crippen LogP contribution in [0.1, 0.15) is 74.6 Å². The summed E-state index contributed by atoms with van der Waals surface area (Å²) in [6.07, 6.45) is -0.199. The highest BCUT2D eigenvalue weighted by Crippen LogP contribution is 2.37. The number of ether oxygens (including phenoxy) is 1. The number of nitrogens with one attached hydrogen (secondary N) is 1. The van der Waals surface area contributed by atoms with Crippen LogP contribution >= 0.6 is 0 Å². The normalized spacial score (nSPS) is 15.6. The maximum absolute atomic E-state index is 13.6. The van der Waals surface area contributed by atoms with Crippen molar-refractivity contribution in [1.82, 2.24) is 15.2 Å². The number of nitrogens with zero attached hydrogens (tertiary/aromatic N) is 3. The van der Waals surface area contributed by atoms with Crippen molar-refractivity contribution in [3.8, 4) is 0 Å². The van der Waals surface area contributed by atoms with Gasteiger partial charge in [-0.3, -0.25) is 4.90 Å². The van der Waals surface area contributed by atoms with E-state index >= 15 is 0 Å². The van der Waals surface area contributed by atoms with Crippen molar-refractivity contribution in [2.75, 3.05) is 31.3 Å². The van der Waals surface area contributed by atoms with Gasteiger partial charge in [0.15, 0.2) is 0 Å². The van der Waals surface area contributed by atoms with Crippen LogP contribution in [0.4, 0.5) is 37.0 Å². The van der Waals surface area contributed by atoms with Gasteiger partial charge in [0, 0.05) is 31.7 Å². The van der Waals surface area contributed by atoms with Crippen LogP contribution in [0.5, 0.6) is 0 Å². The minimum atomic E-state index is -4.96. The van der Waals surface area contributed by atoms with Gasteiger partial charge in [-0.1, -0.05) is 25.0 Å². The summed E-state index contributed by atoms with van der Waals surface area (Å²) in [6.45, 7) is 4.92. The van der Waals surface area contributed by atoms with E-state index in [2.05, 4.69) is 22.4 Å². The standard InChI is InChI=1S/C31H38F6N4O2/c1-3-41(18-21-9-5-6-10-21)28-24(15-23-11-7-8-12-27(23)39-28)19-40(20-38-29(42)43-4-2)17-22-13-25(30(32,33)34)16-26(14-22)31(35,36)37/h11-16,21H,3-10,17-20H2,1-2H3,(H,38,42). The highest BCUT2D eigenvalue weighted by Gasteiger charge is 2.37. The van der Waals surface area contributed by atoms with Crippen molar-refractivity contribution in [2.45, 2.75) is 77.8 Å². The summed E-state index contributed by atoms with van der Waals surface area (Å²) in [5.41, 5.74) is -2.17. The van der Waals surface area contributed by atoms with Crippen LogP contribution in [-0.4, -0.2) is 42.3 Å². The average Bonchev–Trinajstić information content (AvgIpc) is 3.47. The van der Waals surface area contributed by atoms with E-state index in [0.717, 1.165) is 66.3 Å². The third-order valence-corrected chi connectivity index (χ3v) is 7.81. The summed E-state index contributed by atoms with van der Waals surface area (Å²) < 4.78 is 86.5. The Labute approximate surface area is 247 Å². The molecule has 6 nitrogen and oxygen atoms in total. The van der Waals surface area contributed by atoms with E-state index in [1.807, 2.05) is 13.0 Å². The molecule has 1 N–H and O–H groups in total. The van der Waals surface area contributed by atoms with Crippen LogP contribution in [0.25, 0.3) is 12.2 Å². The van der Waals surface area contributed by atoms with Crippen LogP contribution < -0.4 is 20.8 Å². The number of alkyl halides is 6. The third kappa shape index (κ3) is 8.87. The molecule has 4 rings (SSSR count). The number of anilines is 1. The van der Waals surface area contributed by atoms with E-state index in [1.165, 1.54) is 12.8 Å². The molecule has 1 aromatic carbocycles. The second kappa shape index (κ2) is 14.0. The van der Waals surface area contributed by atoms with Gasteiger partial charge in [0.05, 0.1) is 29.8 Å². The first-order valence-corrected chi connectivity index (χ1v) is 14.7. The van der Waals surface area contributed by atoms with Crippen LogP contribution in [0.15, 0.2) is 24.3 Å². The lowest BCUT2D eigenvalue weighted by Crippen LogP contribution is -2.40. The highest BCUT2D eigenvalue weighted by molar-refractivity contribution is 5.66. The van der Waals surface area contributed by atoms with E-state index < -0.39 is 29.6 Å². The summed E-state index contributed by atoms with van der Waals surface area (Å²) in [4.78, 5) is 20.9. The molecule has 0 radical (unpaired) electrons. The molecule has 1 aromatic heterocycles. The number of benzene rings is 1. The van der Waals surface area contributed by atoms with Crippen molar-refractivity contribution < 1.29 is 35.9 Å². The Morgan fingerprint density at radius 1 is 0.953 bits per heavy atom. The molecule has 0 aliphatic heterocycles. The van der Waals surface area contributed by atoms with Gasteiger partial charge in [0.1, 0.15) is 5.82 Å². The lowest BCUT2D eigenvalue weighted by Gasteiger charge is -2.30. The Bertz CT molecular complexity index is 1350. The summed E-state index contributed by atoms with van der Waals surface area (Å²) in [7, 11) is 0. The Morgan fingerprint density at radius 2 is 1.60 bits per heavy atom. The van der Waals surface area contributed by atoms with E-state index in [1.54, 1.807) is 11.8 Å². The zero-order chi connectivity index (χ0) is 31.2. The second-order valence-corrected chi connectivity index (χ2v) is 11.1. The van der Waals surface area contributed by atoms with Gasteiger partial charge in [-0.25, -0.2) is 9.78 Å². The molecule has 0 unspecified atom stereocenters. The number of fused-ring (bicyclic) bond motifs is 1. The fourth-order valence-corrected chi connectivity index (χ4v) is 5.76. The summed E-state index contributed by atoms with van der Waals surface area (Å²) in [5, 5.41) is 4.36. The van der Waals surface area contributed by atoms with E-state index in [9.17, 15) is 31.1 Å². The first-order valence-electron chi connectivity index (χ1n) is 14.7. The number of halogens is 6. The van der Waals surface area contributed by atoms with Gasteiger partial charge in [0.2, 0.25) is 0 Å². The minimum absolute atomic E-state index is 0.103. The SMILES string of the molecule is CCOC(=O)NCN(Cc1cc(C(F)(F)F)cc(C(F)(F)F)c1)Cc1cc2c(nc1N(CC)CC1CCCC1)=CCCC=2. The van der Waals surface area contributed by atoms with Crippen LogP contribution in [0.2, 0.25) is 0 Å². The lowest BCUT2D eigenvalue weighted by molar-refractivity contribution is -0.143. The van der Waals surface area contributed by atoms with Crippen LogP contribution in [0.3, 0.4) is 0 Å². The molecule has 2 aromatic rings. The monoisotopic (exact) mass is 612 g/mol. The van der Waals surface area contributed by atoms with Crippen LogP contribution in [0, 0.1) is 5.92 Å². The lowest BCUT2D eigenvalue weighted by atomic mass is 10.0. The molecule has 12 heteroatoms. The number of pyridine rings is 1. The smallest absolute Gasteiger partial charge is 0.416 e. The fraction of sp³-hybridized carbons (Fsp3) is 0.548. The molecule has 1 amide bonds. The highest BCUT2D eigenvalue weighted by atomic mass is 19.4. The topological polar surface area (TPSA) is 57.7 Å². The number of hydrogen-bond acceptors (Lipinski definition) is 5. The molecule has 2 aliphatic carbocycles. The Balaban J connectivity index is 1.73. The van der Waals surface area contributed by atoms with Gasteiger partial charge >= 0.3 is 18.4 Å². The maximum Gasteiger partial charge on any atom is 0.416 e. The largest absolute Gasteiger partial charge is 0.450 e. The molecule has 1 heterocycles. The minimum Gasteiger partial charge on any atom is -0.450 e. The molecular formula is C31H38F6N4O2. The Morgan fingerprint density at radius 3 is 2.21 bits per heavy atom. The van der Waals surface area contributed by atoms with Crippen molar-refractivity contribution in [2.24, 2.45) is 5.92 Å².